The van der Waals surface area contributed by atoms with Crippen LogP contribution in [-0.4, -0.2) is 12.3 Å². The normalized spacial score (nSPS) is 15.2. The Morgan fingerprint density at radius 2 is 2.08 bits per heavy atom. The zero-order chi connectivity index (χ0) is 9.10. The summed E-state index contributed by atoms with van der Waals surface area (Å²) in [5.74, 6) is 0. The number of hydrogen-bond acceptors (Lipinski definition) is 3. The van der Waals surface area contributed by atoms with Gasteiger partial charge in [-0.1, -0.05) is 17.3 Å². The van der Waals surface area contributed by atoms with Crippen LogP contribution in [0.1, 0.15) is 12.0 Å². The second kappa shape index (κ2) is 3.47. The van der Waals surface area contributed by atoms with Gasteiger partial charge < -0.3 is 10.6 Å². The molecular formula is C10H12N2O. The van der Waals surface area contributed by atoms with Crippen molar-refractivity contribution in [1.29, 1.82) is 0 Å². The second-order valence-corrected chi connectivity index (χ2v) is 3.16. The number of nitrogens with two attached hydrogens (primary N) is 1. The SMILES string of the molecule is Nc1ccc(CC2=NOCC2)cc1. The minimum atomic E-state index is 0.726. The molecule has 0 spiro atoms. The molecule has 0 aliphatic carbocycles. The van der Waals surface area contributed by atoms with Crippen LogP contribution in [0.4, 0.5) is 5.69 Å². The van der Waals surface area contributed by atoms with Crippen LogP contribution in [0.5, 0.6) is 0 Å². The summed E-state index contributed by atoms with van der Waals surface area (Å²) < 4.78 is 0. The molecule has 1 aromatic carbocycles. The van der Waals surface area contributed by atoms with Gasteiger partial charge in [-0.15, -0.1) is 0 Å². The lowest BCUT2D eigenvalue weighted by atomic mass is 10.1. The molecule has 1 aliphatic rings. The van der Waals surface area contributed by atoms with Gasteiger partial charge in [0.2, 0.25) is 0 Å². The van der Waals surface area contributed by atoms with Crippen LogP contribution in [0, 0.1) is 0 Å². The first kappa shape index (κ1) is 8.10. The predicted octanol–water partition coefficient (Wildman–Crippen LogP) is 1.59. The largest absolute Gasteiger partial charge is 0.399 e. The molecular weight excluding hydrogens is 164 g/mol. The van der Waals surface area contributed by atoms with E-state index >= 15 is 0 Å². The van der Waals surface area contributed by atoms with E-state index in [0.717, 1.165) is 30.8 Å². The first-order chi connectivity index (χ1) is 6.34. The lowest BCUT2D eigenvalue weighted by Crippen LogP contribution is -1.99. The van der Waals surface area contributed by atoms with Crippen molar-refractivity contribution in [1.82, 2.24) is 0 Å². The molecule has 0 radical (unpaired) electrons. The van der Waals surface area contributed by atoms with Gasteiger partial charge in [0.15, 0.2) is 0 Å². The molecule has 0 aromatic heterocycles. The molecule has 2 N–H and O–H groups in total. The fourth-order valence-corrected chi connectivity index (χ4v) is 1.34. The van der Waals surface area contributed by atoms with E-state index in [-0.39, 0.29) is 0 Å². The highest BCUT2D eigenvalue weighted by atomic mass is 16.6. The van der Waals surface area contributed by atoms with E-state index in [1.807, 2.05) is 24.3 Å². The molecule has 3 heteroatoms. The molecule has 0 saturated heterocycles. The Bertz CT molecular complexity index is 316. The third-order valence-electron chi connectivity index (χ3n) is 2.06. The lowest BCUT2D eigenvalue weighted by Gasteiger charge is -1.99. The Hall–Kier alpha value is -1.51. The number of hydrogen-bond donors (Lipinski definition) is 1. The van der Waals surface area contributed by atoms with E-state index in [0.29, 0.717) is 0 Å². The van der Waals surface area contributed by atoms with Crippen LogP contribution in [-0.2, 0) is 11.3 Å². The molecule has 68 valence electrons. The maximum Gasteiger partial charge on any atom is 0.122 e. The van der Waals surface area contributed by atoms with Gasteiger partial charge in [-0.25, -0.2) is 0 Å². The summed E-state index contributed by atoms with van der Waals surface area (Å²) in [6.45, 7) is 0.726. The Morgan fingerprint density at radius 1 is 1.31 bits per heavy atom. The fraction of sp³-hybridized carbons (Fsp3) is 0.300. The lowest BCUT2D eigenvalue weighted by molar-refractivity contribution is 0.173. The third-order valence-corrected chi connectivity index (χ3v) is 2.06. The molecule has 0 bridgehead atoms. The third kappa shape index (κ3) is 1.99. The van der Waals surface area contributed by atoms with Gasteiger partial charge in [-0.2, -0.15) is 0 Å². The minimum absolute atomic E-state index is 0.726. The Morgan fingerprint density at radius 3 is 2.69 bits per heavy atom. The molecule has 0 unspecified atom stereocenters. The Labute approximate surface area is 77.2 Å². The first-order valence-electron chi connectivity index (χ1n) is 4.37. The quantitative estimate of drug-likeness (QED) is 0.695. The topological polar surface area (TPSA) is 47.6 Å². The molecule has 13 heavy (non-hydrogen) atoms. The van der Waals surface area contributed by atoms with Gasteiger partial charge >= 0.3 is 0 Å². The Kier molecular flexibility index (Phi) is 2.17. The van der Waals surface area contributed by atoms with Gasteiger partial charge in [-0.3, -0.25) is 0 Å². The summed E-state index contributed by atoms with van der Waals surface area (Å²) >= 11 is 0. The second-order valence-electron chi connectivity index (χ2n) is 3.16. The summed E-state index contributed by atoms with van der Waals surface area (Å²) in [7, 11) is 0. The van der Waals surface area contributed by atoms with Gasteiger partial charge in [0.25, 0.3) is 0 Å². The van der Waals surface area contributed by atoms with Gasteiger partial charge in [0, 0.05) is 18.5 Å². The summed E-state index contributed by atoms with van der Waals surface area (Å²) in [5, 5.41) is 3.94. The number of nitrogen functional groups attached to an aromatic ring is 1. The van der Waals surface area contributed by atoms with Crippen molar-refractivity contribution in [3.63, 3.8) is 0 Å². The Balaban J connectivity index is 2.05. The van der Waals surface area contributed by atoms with E-state index in [2.05, 4.69) is 5.16 Å². The molecule has 1 aromatic rings. The van der Waals surface area contributed by atoms with E-state index in [4.69, 9.17) is 10.6 Å². The summed E-state index contributed by atoms with van der Waals surface area (Å²) in [6.07, 6.45) is 1.82. The molecule has 0 amide bonds. The van der Waals surface area contributed by atoms with Crippen molar-refractivity contribution in [3.8, 4) is 0 Å². The highest BCUT2D eigenvalue weighted by Gasteiger charge is 2.08. The van der Waals surface area contributed by atoms with Crippen molar-refractivity contribution < 1.29 is 4.84 Å². The smallest absolute Gasteiger partial charge is 0.122 e. The first-order valence-corrected chi connectivity index (χ1v) is 4.37. The number of oxime groups is 1. The van der Waals surface area contributed by atoms with Crippen LogP contribution in [0.2, 0.25) is 0 Å². The molecule has 0 fully saturated rings. The summed E-state index contributed by atoms with van der Waals surface area (Å²) in [6, 6.07) is 7.86. The number of benzene rings is 1. The van der Waals surface area contributed by atoms with E-state index in [1.54, 1.807) is 0 Å². The standard InChI is InChI=1S/C10H12N2O/c11-9-3-1-8(2-4-9)7-10-5-6-13-12-10/h1-4H,5-7,11H2. The number of nitrogens with zero attached hydrogens (tertiary/aromatic N) is 1. The van der Waals surface area contributed by atoms with Crippen LogP contribution in [0.25, 0.3) is 0 Å². The molecule has 1 aliphatic heterocycles. The van der Waals surface area contributed by atoms with Crippen LogP contribution in [0.3, 0.4) is 0 Å². The maximum absolute atomic E-state index is 5.58. The van der Waals surface area contributed by atoms with Crippen molar-refractivity contribution in [2.45, 2.75) is 12.8 Å². The highest BCUT2D eigenvalue weighted by molar-refractivity contribution is 5.87. The summed E-state index contributed by atoms with van der Waals surface area (Å²) in [5.41, 5.74) is 8.73. The summed E-state index contributed by atoms with van der Waals surface area (Å²) in [4.78, 5) is 4.92. The average molecular weight is 176 g/mol. The molecule has 3 nitrogen and oxygen atoms in total. The predicted molar refractivity (Wildman–Crippen MR) is 52.6 cm³/mol. The van der Waals surface area contributed by atoms with Crippen LogP contribution < -0.4 is 5.73 Å². The van der Waals surface area contributed by atoms with E-state index in [9.17, 15) is 0 Å². The van der Waals surface area contributed by atoms with Crippen molar-refractivity contribution >= 4 is 11.4 Å². The molecule has 0 saturated carbocycles. The maximum atomic E-state index is 5.58. The minimum Gasteiger partial charge on any atom is -0.399 e. The van der Waals surface area contributed by atoms with E-state index in [1.165, 1.54) is 5.56 Å². The molecule has 2 rings (SSSR count). The van der Waals surface area contributed by atoms with Crippen molar-refractivity contribution in [2.75, 3.05) is 12.3 Å². The zero-order valence-electron chi connectivity index (χ0n) is 7.36. The van der Waals surface area contributed by atoms with E-state index < -0.39 is 0 Å². The zero-order valence-corrected chi connectivity index (χ0v) is 7.36. The highest BCUT2D eigenvalue weighted by Crippen LogP contribution is 2.10. The van der Waals surface area contributed by atoms with Gasteiger partial charge in [-0.05, 0) is 17.7 Å². The van der Waals surface area contributed by atoms with Gasteiger partial charge in [0.05, 0.1) is 5.71 Å². The van der Waals surface area contributed by atoms with Gasteiger partial charge in [0.1, 0.15) is 6.61 Å². The average Bonchev–Trinajstić information content (AvgIpc) is 2.62. The van der Waals surface area contributed by atoms with Crippen LogP contribution in [0.15, 0.2) is 29.4 Å². The number of anilines is 1. The fourth-order valence-electron chi connectivity index (χ4n) is 1.34. The number of rotatable bonds is 2. The monoisotopic (exact) mass is 176 g/mol. The van der Waals surface area contributed by atoms with Crippen molar-refractivity contribution in [2.24, 2.45) is 5.16 Å². The van der Waals surface area contributed by atoms with Crippen LogP contribution >= 0.6 is 0 Å². The van der Waals surface area contributed by atoms with Crippen molar-refractivity contribution in [3.05, 3.63) is 29.8 Å². The molecule has 1 heterocycles. The molecule has 0 atom stereocenters.